The minimum atomic E-state index is -0.856. The average Bonchev–Trinajstić information content (AvgIpc) is 3.09. The molecule has 0 radical (unpaired) electrons. The van der Waals surface area contributed by atoms with Crippen molar-refractivity contribution in [2.24, 2.45) is 7.05 Å². The molecular formula is C11H13N7O5. The molecule has 23 heavy (non-hydrogen) atoms. The number of nitrogens with one attached hydrogen (secondary N) is 3. The van der Waals surface area contributed by atoms with Crippen molar-refractivity contribution in [1.82, 2.24) is 25.3 Å². The van der Waals surface area contributed by atoms with Crippen molar-refractivity contribution < 1.29 is 19.2 Å². The van der Waals surface area contributed by atoms with Crippen molar-refractivity contribution in [2.45, 2.75) is 0 Å². The predicted octanol–water partition coefficient (Wildman–Crippen LogP) is -0.328. The number of carbonyl (C=O) groups is 2. The Balaban J connectivity index is 2.36. The minimum absolute atomic E-state index is 0.0301. The molecule has 0 unspecified atom stereocenters. The molecule has 0 aliphatic rings. The van der Waals surface area contributed by atoms with Crippen LogP contribution in [0.25, 0.3) is 0 Å². The van der Waals surface area contributed by atoms with Gasteiger partial charge in [0.25, 0.3) is 11.8 Å². The third-order valence-electron chi connectivity index (χ3n) is 2.83. The Kier molecular flexibility index (Phi) is 4.25. The molecule has 2 amide bonds. The maximum Gasteiger partial charge on any atom is 0.362 e. The number of aryl methyl sites for hydroxylation is 1. The zero-order chi connectivity index (χ0) is 17.1. The molecule has 2 heterocycles. The average molecular weight is 323 g/mol. The summed E-state index contributed by atoms with van der Waals surface area (Å²) in [5.74, 6) is -1.69. The van der Waals surface area contributed by atoms with Gasteiger partial charge in [-0.25, -0.2) is 0 Å². The van der Waals surface area contributed by atoms with Crippen molar-refractivity contribution in [2.75, 3.05) is 19.5 Å². The molecule has 12 heteroatoms. The number of aromatic amines is 1. The standard InChI is InChI=1S/C11H13N7O5/c1-12-9(19)6-5(4-17(2)16-6)13-10(20)7-8(18(21)22)11(23-3)15-14-7/h4H,1-3H3,(H,12,19)(H,13,20)(H,14,15). The normalized spacial score (nSPS) is 10.2. The van der Waals surface area contributed by atoms with E-state index in [1.165, 1.54) is 25.0 Å². The highest BCUT2D eigenvalue weighted by Crippen LogP contribution is 2.28. The van der Waals surface area contributed by atoms with E-state index in [0.717, 1.165) is 0 Å². The smallest absolute Gasteiger partial charge is 0.362 e. The lowest BCUT2D eigenvalue weighted by Crippen LogP contribution is -2.22. The zero-order valence-electron chi connectivity index (χ0n) is 12.4. The van der Waals surface area contributed by atoms with Crippen molar-refractivity contribution in [3.05, 3.63) is 27.7 Å². The van der Waals surface area contributed by atoms with Crippen LogP contribution in [0.5, 0.6) is 5.88 Å². The van der Waals surface area contributed by atoms with Crippen LogP contribution in [0.1, 0.15) is 21.0 Å². The Hall–Kier alpha value is -3.44. The summed E-state index contributed by atoms with van der Waals surface area (Å²) >= 11 is 0. The first kappa shape index (κ1) is 15.9. The topological polar surface area (TPSA) is 157 Å². The molecule has 0 aliphatic carbocycles. The van der Waals surface area contributed by atoms with Gasteiger partial charge in [0, 0.05) is 20.3 Å². The Bertz CT molecular complexity index is 778. The first-order valence-electron chi connectivity index (χ1n) is 6.22. The molecule has 0 saturated carbocycles. The molecule has 0 aliphatic heterocycles. The van der Waals surface area contributed by atoms with Gasteiger partial charge in [-0.05, 0) is 0 Å². The lowest BCUT2D eigenvalue weighted by molar-refractivity contribution is -0.386. The van der Waals surface area contributed by atoms with Crippen LogP contribution in [0.3, 0.4) is 0 Å². The van der Waals surface area contributed by atoms with Crippen LogP contribution in [0, 0.1) is 10.1 Å². The number of anilines is 1. The van der Waals surface area contributed by atoms with Crippen LogP contribution in [-0.4, -0.2) is 50.9 Å². The highest BCUT2D eigenvalue weighted by molar-refractivity contribution is 6.09. The number of carbonyl (C=O) groups excluding carboxylic acids is 2. The maximum atomic E-state index is 12.2. The lowest BCUT2D eigenvalue weighted by Gasteiger charge is -2.02. The van der Waals surface area contributed by atoms with E-state index in [0.29, 0.717) is 0 Å². The van der Waals surface area contributed by atoms with E-state index < -0.39 is 28.1 Å². The first-order chi connectivity index (χ1) is 10.9. The van der Waals surface area contributed by atoms with Crippen molar-refractivity contribution >= 4 is 23.2 Å². The molecule has 2 rings (SSSR count). The van der Waals surface area contributed by atoms with Gasteiger partial charge in [-0.1, -0.05) is 0 Å². The van der Waals surface area contributed by atoms with E-state index in [-0.39, 0.29) is 17.3 Å². The fourth-order valence-electron chi connectivity index (χ4n) is 1.84. The summed E-state index contributed by atoms with van der Waals surface area (Å²) in [5.41, 5.74) is -0.939. The van der Waals surface area contributed by atoms with Crippen molar-refractivity contribution in [1.29, 1.82) is 0 Å². The number of nitrogens with zero attached hydrogens (tertiary/aromatic N) is 4. The largest absolute Gasteiger partial charge is 0.475 e. The number of hydrogen-bond acceptors (Lipinski definition) is 7. The highest BCUT2D eigenvalue weighted by atomic mass is 16.6. The van der Waals surface area contributed by atoms with Crippen LogP contribution in [0.15, 0.2) is 6.20 Å². The van der Waals surface area contributed by atoms with E-state index >= 15 is 0 Å². The summed E-state index contributed by atoms with van der Waals surface area (Å²) in [7, 11) is 4.16. The van der Waals surface area contributed by atoms with Gasteiger partial charge in [0.05, 0.1) is 17.7 Å². The quantitative estimate of drug-likeness (QED) is 0.502. The molecule has 2 aromatic heterocycles. The van der Waals surface area contributed by atoms with Crippen LogP contribution >= 0.6 is 0 Å². The molecule has 122 valence electrons. The maximum absolute atomic E-state index is 12.2. The summed E-state index contributed by atoms with van der Waals surface area (Å²) < 4.78 is 6.05. The summed E-state index contributed by atoms with van der Waals surface area (Å²) in [4.78, 5) is 34.2. The fourth-order valence-corrected chi connectivity index (χ4v) is 1.84. The minimum Gasteiger partial charge on any atom is -0.475 e. The molecule has 0 bridgehead atoms. The van der Waals surface area contributed by atoms with Crippen molar-refractivity contribution in [3.8, 4) is 5.88 Å². The van der Waals surface area contributed by atoms with E-state index in [1.807, 2.05) is 0 Å². The molecule has 0 spiro atoms. The second-order valence-electron chi connectivity index (χ2n) is 4.31. The predicted molar refractivity (Wildman–Crippen MR) is 76.3 cm³/mol. The summed E-state index contributed by atoms with van der Waals surface area (Å²) in [6, 6.07) is 0. The Morgan fingerprint density at radius 3 is 2.70 bits per heavy atom. The Labute approximate surface area is 129 Å². The van der Waals surface area contributed by atoms with Gasteiger partial charge in [-0.15, -0.1) is 5.10 Å². The van der Waals surface area contributed by atoms with Gasteiger partial charge in [0.15, 0.2) is 5.69 Å². The monoisotopic (exact) mass is 323 g/mol. The number of methoxy groups -OCH3 is 1. The second-order valence-corrected chi connectivity index (χ2v) is 4.31. The second kappa shape index (κ2) is 6.13. The third kappa shape index (κ3) is 2.95. The molecule has 2 aromatic rings. The highest BCUT2D eigenvalue weighted by Gasteiger charge is 2.31. The third-order valence-corrected chi connectivity index (χ3v) is 2.83. The molecule has 0 fully saturated rings. The number of amides is 2. The zero-order valence-corrected chi connectivity index (χ0v) is 12.4. The van der Waals surface area contributed by atoms with E-state index in [9.17, 15) is 19.7 Å². The van der Waals surface area contributed by atoms with Crippen molar-refractivity contribution in [3.63, 3.8) is 0 Å². The summed E-state index contributed by atoms with van der Waals surface area (Å²) in [6.07, 6.45) is 1.39. The Morgan fingerprint density at radius 1 is 1.43 bits per heavy atom. The number of hydrogen-bond donors (Lipinski definition) is 3. The molecular weight excluding hydrogens is 310 g/mol. The van der Waals surface area contributed by atoms with Crippen LogP contribution < -0.4 is 15.4 Å². The molecule has 0 atom stereocenters. The van der Waals surface area contributed by atoms with Gasteiger partial charge in [-0.2, -0.15) is 5.10 Å². The van der Waals surface area contributed by atoms with Crippen LogP contribution in [0.4, 0.5) is 11.4 Å². The molecule has 12 nitrogen and oxygen atoms in total. The summed E-state index contributed by atoms with van der Waals surface area (Å²) in [6.45, 7) is 0. The van der Waals surface area contributed by atoms with E-state index in [1.54, 1.807) is 7.05 Å². The van der Waals surface area contributed by atoms with Gasteiger partial charge in [0.1, 0.15) is 0 Å². The fraction of sp³-hybridized carbons (Fsp3) is 0.273. The number of nitro groups is 1. The van der Waals surface area contributed by atoms with Gasteiger partial charge >= 0.3 is 11.6 Å². The number of aromatic nitrogens is 4. The summed E-state index contributed by atoms with van der Waals surface area (Å²) in [5, 5.41) is 25.5. The van der Waals surface area contributed by atoms with Gasteiger partial charge < -0.3 is 15.4 Å². The lowest BCUT2D eigenvalue weighted by atomic mass is 10.3. The van der Waals surface area contributed by atoms with E-state index in [4.69, 9.17) is 4.74 Å². The molecule has 3 N–H and O–H groups in total. The number of ether oxygens (including phenoxy) is 1. The SMILES string of the molecule is CNC(=O)c1nn(C)cc1NC(=O)c1[nH]nc(OC)c1[N+](=O)[O-]. The molecule has 0 saturated heterocycles. The number of H-pyrrole nitrogens is 1. The van der Waals surface area contributed by atoms with Gasteiger partial charge in [0.2, 0.25) is 5.69 Å². The van der Waals surface area contributed by atoms with Crippen LogP contribution in [0.2, 0.25) is 0 Å². The number of rotatable bonds is 5. The first-order valence-corrected chi connectivity index (χ1v) is 6.22. The molecule has 0 aromatic carbocycles. The van der Waals surface area contributed by atoms with E-state index in [2.05, 4.69) is 25.9 Å². The Morgan fingerprint density at radius 2 is 2.13 bits per heavy atom. The van der Waals surface area contributed by atoms with Gasteiger partial charge in [-0.3, -0.25) is 29.5 Å². The van der Waals surface area contributed by atoms with Crippen LogP contribution in [-0.2, 0) is 7.05 Å².